The molecule has 0 spiro atoms. The van der Waals surface area contributed by atoms with Crippen molar-refractivity contribution in [3.8, 4) is 0 Å². The largest absolute Gasteiger partial charge is 0.312 e. The molecule has 3 rings (SSSR count). The van der Waals surface area contributed by atoms with E-state index in [1.165, 1.54) is 17.4 Å². The van der Waals surface area contributed by atoms with Crippen LogP contribution in [0.2, 0.25) is 0 Å². The zero-order valence-electron chi connectivity index (χ0n) is 10.2. The molecule has 88 valence electrons. The molecule has 2 aromatic rings. The molecule has 0 bridgehead atoms. The molecule has 2 heteroatoms. The van der Waals surface area contributed by atoms with Crippen LogP contribution in [0.3, 0.4) is 0 Å². The molecule has 0 radical (unpaired) electrons. The van der Waals surface area contributed by atoms with E-state index in [0.29, 0.717) is 0 Å². The number of nitrogens with one attached hydrogen (secondary N) is 1. The monoisotopic (exact) mass is 226 g/mol. The third kappa shape index (κ3) is 2.47. The van der Waals surface area contributed by atoms with E-state index >= 15 is 0 Å². The summed E-state index contributed by atoms with van der Waals surface area (Å²) in [5.74, 6) is 1.85. The number of pyridine rings is 1. The lowest BCUT2D eigenvalue weighted by atomic mass is 10.1. The minimum Gasteiger partial charge on any atom is -0.312 e. The van der Waals surface area contributed by atoms with E-state index in [-0.39, 0.29) is 0 Å². The summed E-state index contributed by atoms with van der Waals surface area (Å²) >= 11 is 0. The summed E-state index contributed by atoms with van der Waals surface area (Å²) in [6.45, 7) is 4.45. The number of aromatic nitrogens is 1. The van der Waals surface area contributed by atoms with Crippen molar-refractivity contribution >= 4 is 10.9 Å². The first kappa shape index (κ1) is 10.7. The number of nitrogens with zero attached hydrogens (tertiary/aromatic N) is 1. The van der Waals surface area contributed by atoms with Crippen LogP contribution in [-0.4, -0.2) is 11.5 Å². The topological polar surface area (TPSA) is 24.9 Å². The van der Waals surface area contributed by atoms with Crippen molar-refractivity contribution in [2.75, 3.05) is 6.54 Å². The molecule has 2 unspecified atom stereocenters. The molecule has 0 saturated heterocycles. The highest BCUT2D eigenvalue weighted by molar-refractivity contribution is 5.78. The lowest BCUT2D eigenvalue weighted by Gasteiger charge is -2.05. The zero-order valence-corrected chi connectivity index (χ0v) is 10.2. The predicted octanol–water partition coefficient (Wildman–Crippen LogP) is 2.98. The van der Waals surface area contributed by atoms with Crippen molar-refractivity contribution in [1.29, 1.82) is 0 Å². The average molecular weight is 226 g/mol. The van der Waals surface area contributed by atoms with Gasteiger partial charge in [-0.25, -0.2) is 0 Å². The van der Waals surface area contributed by atoms with E-state index in [1.54, 1.807) is 0 Å². The third-order valence-corrected chi connectivity index (χ3v) is 3.68. The summed E-state index contributed by atoms with van der Waals surface area (Å²) in [5.41, 5.74) is 2.42. The Balaban J connectivity index is 1.64. The van der Waals surface area contributed by atoms with Gasteiger partial charge in [0.05, 0.1) is 5.52 Å². The smallest absolute Gasteiger partial charge is 0.0702 e. The standard InChI is InChI=1S/C15H18N2/c1-11-7-14(11)10-16-9-12-4-5-15-13(8-12)3-2-6-17-15/h2-6,8,11,14,16H,7,9-10H2,1H3. The van der Waals surface area contributed by atoms with Crippen LogP contribution in [0.1, 0.15) is 18.9 Å². The van der Waals surface area contributed by atoms with Gasteiger partial charge in [-0.05, 0) is 48.6 Å². The fourth-order valence-corrected chi connectivity index (χ4v) is 2.32. The van der Waals surface area contributed by atoms with E-state index in [2.05, 4.69) is 41.5 Å². The maximum atomic E-state index is 4.33. The van der Waals surface area contributed by atoms with Gasteiger partial charge in [-0.15, -0.1) is 0 Å². The van der Waals surface area contributed by atoms with Crippen molar-refractivity contribution in [2.45, 2.75) is 19.9 Å². The highest BCUT2D eigenvalue weighted by Crippen LogP contribution is 2.36. The van der Waals surface area contributed by atoms with E-state index in [1.807, 2.05) is 12.3 Å². The second kappa shape index (κ2) is 4.46. The SMILES string of the molecule is CC1CC1CNCc1ccc2ncccc2c1. The summed E-state index contributed by atoms with van der Waals surface area (Å²) in [6, 6.07) is 10.6. The van der Waals surface area contributed by atoms with Gasteiger partial charge in [0, 0.05) is 18.1 Å². The van der Waals surface area contributed by atoms with Crippen molar-refractivity contribution in [3.63, 3.8) is 0 Å². The summed E-state index contributed by atoms with van der Waals surface area (Å²) in [4.78, 5) is 4.33. The second-order valence-electron chi connectivity index (χ2n) is 5.13. The predicted molar refractivity (Wildman–Crippen MR) is 70.7 cm³/mol. The van der Waals surface area contributed by atoms with Gasteiger partial charge in [-0.1, -0.05) is 19.1 Å². The summed E-state index contributed by atoms with van der Waals surface area (Å²) in [7, 11) is 0. The number of hydrogen-bond acceptors (Lipinski definition) is 2. The van der Waals surface area contributed by atoms with Gasteiger partial charge in [0.25, 0.3) is 0 Å². The number of fused-ring (bicyclic) bond motifs is 1. The Bertz CT molecular complexity index is 521. The molecule has 0 amide bonds. The van der Waals surface area contributed by atoms with Crippen LogP contribution in [0.5, 0.6) is 0 Å². The molecular formula is C15H18N2. The molecule has 2 atom stereocenters. The number of rotatable bonds is 4. The molecule has 1 aromatic heterocycles. The van der Waals surface area contributed by atoms with Gasteiger partial charge in [0.15, 0.2) is 0 Å². The van der Waals surface area contributed by atoms with Crippen LogP contribution in [-0.2, 0) is 6.54 Å². The van der Waals surface area contributed by atoms with Crippen molar-refractivity contribution in [2.24, 2.45) is 11.8 Å². The van der Waals surface area contributed by atoms with Crippen LogP contribution in [0.25, 0.3) is 10.9 Å². The fraction of sp³-hybridized carbons (Fsp3) is 0.400. The normalized spacial score (nSPS) is 22.9. The van der Waals surface area contributed by atoms with Gasteiger partial charge in [0.2, 0.25) is 0 Å². The van der Waals surface area contributed by atoms with Crippen molar-refractivity contribution in [3.05, 3.63) is 42.1 Å². The third-order valence-electron chi connectivity index (χ3n) is 3.68. The first-order valence-corrected chi connectivity index (χ1v) is 6.37. The molecule has 2 nitrogen and oxygen atoms in total. The summed E-state index contributed by atoms with van der Waals surface area (Å²) in [5, 5.41) is 4.77. The molecule has 1 aliphatic carbocycles. The first-order valence-electron chi connectivity index (χ1n) is 6.37. The minimum atomic E-state index is 0.914. The Morgan fingerprint density at radius 1 is 1.35 bits per heavy atom. The van der Waals surface area contributed by atoms with E-state index < -0.39 is 0 Å². The van der Waals surface area contributed by atoms with Crippen LogP contribution in [0.15, 0.2) is 36.5 Å². The minimum absolute atomic E-state index is 0.914. The number of benzene rings is 1. The second-order valence-corrected chi connectivity index (χ2v) is 5.13. The van der Waals surface area contributed by atoms with Gasteiger partial charge in [0.1, 0.15) is 0 Å². The molecular weight excluding hydrogens is 208 g/mol. The van der Waals surface area contributed by atoms with Gasteiger partial charge >= 0.3 is 0 Å². The summed E-state index contributed by atoms with van der Waals surface area (Å²) in [6.07, 6.45) is 3.24. The molecule has 1 aliphatic rings. The summed E-state index contributed by atoms with van der Waals surface area (Å²) < 4.78 is 0. The Labute approximate surface area is 102 Å². The van der Waals surface area contributed by atoms with Gasteiger partial charge in [-0.3, -0.25) is 4.98 Å². The van der Waals surface area contributed by atoms with Crippen LogP contribution in [0, 0.1) is 11.8 Å². The Morgan fingerprint density at radius 3 is 3.06 bits per heavy atom. The zero-order chi connectivity index (χ0) is 11.7. The fourth-order valence-electron chi connectivity index (χ4n) is 2.32. The van der Waals surface area contributed by atoms with Gasteiger partial charge < -0.3 is 5.32 Å². The van der Waals surface area contributed by atoms with E-state index in [0.717, 1.165) is 30.4 Å². The lowest BCUT2D eigenvalue weighted by molar-refractivity contribution is 0.612. The lowest BCUT2D eigenvalue weighted by Crippen LogP contribution is -2.16. The van der Waals surface area contributed by atoms with Crippen LogP contribution >= 0.6 is 0 Å². The average Bonchev–Trinajstić information content (AvgIpc) is 3.05. The van der Waals surface area contributed by atoms with E-state index in [4.69, 9.17) is 0 Å². The molecule has 0 aliphatic heterocycles. The highest BCUT2D eigenvalue weighted by Gasteiger charge is 2.31. The van der Waals surface area contributed by atoms with Gasteiger partial charge in [-0.2, -0.15) is 0 Å². The Morgan fingerprint density at radius 2 is 2.24 bits per heavy atom. The Hall–Kier alpha value is -1.41. The highest BCUT2D eigenvalue weighted by atomic mass is 14.9. The molecule has 1 heterocycles. The molecule has 1 saturated carbocycles. The molecule has 1 aromatic carbocycles. The molecule has 1 N–H and O–H groups in total. The Kier molecular flexibility index (Phi) is 2.81. The molecule has 1 fully saturated rings. The van der Waals surface area contributed by atoms with Crippen molar-refractivity contribution < 1.29 is 0 Å². The maximum absolute atomic E-state index is 4.33. The maximum Gasteiger partial charge on any atom is 0.0702 e. The molecule has 17 heavy (non-hydrogen) atoms. The van der Waals surface area contributed by atoms with Crippen LogP contribution in [0.4, 0.5) is 0 Å². The number of hydrogen-bond donors (Lipinski definition) is 1. The van der Waals surface area contributed by atoms with E-state index in [9.17, 15) is 0 Å². The van der Waals surface area contributed by atoms with Crippen LogP contribution < -0.4 is 5.32 Å². The first-order chi connectivity index (χ1) is 8.33. The van der Waals surface area contributed by atoms with Crippen molar-refractivity contribution in [1.82, 2.24) is 10.3 Å². The quantitative estimate of drug-likeness (QED) is 0.867.